The summed E-state index contributed by atoms with van der Waals surface area (Å²) in [5, 5.41) is 11.7. The van der Waals surface area contributed by atoms with Crippen molar-refractivity contribution in [1.82, 2.24) is 0 Å². The van der Waals surface area contributed by atoms with E-state index in [9.17, 15) is 18.5 Å². The molecule has 0 N–H and O–H groups in total. The average Bonchev–Trinajstić information content (AvgIpc) is 2.90. The summed E-state index contributed by atoms with van der Waals surface area (Å²) in [6.07, 6.45) is 5.00. The zero-order valence-electron chi connectivity index (χ0n) is 14.8. The average molecular weight is 368 g/mol. The van der Waals surface area contributed by atoms with E-state index in [-0.39, 0.29) is 16.2 Å². The number of benzene rings is 1. The summed E-state index contributed by atoms with van der Waals surface area (Å²) in [5.41, 5.74) is -0.750. The van der Waals surface area contributed by atoms with E-state index in [0.717, 1.165) is 31.9 Å². The number of hydrogen-bond donors (Lipinski definition) is 0. The van der Waals surface area contributed by atoms with Crippen LogP contribution in [0.4, 0.5) is 11.4 Å². The molecule has 0 atom stereocenters. The number of morpholine rings is 1. The molecule has 25 heavy (non-hydrogen) atoms. The van der Waals surface area contributed by atoms with Crippen LogP contribution in [-0.4, -0.2) is 43.9 Å². The van der Waals surface area contributed by atoms with Gasteiger partial charge in [0.2, 0.25) is 0 Å². The van der Waals surface area contributed by atoms with Gasteiger partial charge in [0.15, 0.2) is 9.84 Å². The lowest BCUT2D eigenvalue weighted by Gasteiger charge is -2.49. The Morgan fingerprint density at radius 2 is 1.84 bits per heavy atom. The molecule has 2 aliphatic rings. The van der Waals surface area contributed by atoms with Gasteiger partial charge >= 0.3 is 5.69 Å². The van der Waals surface area contributed by atoms with E-state index < -0.39 is 20.4 Å². The van der Waals surface area contributed by atoms with E-state index in [1.807, 2.05) is 18.7 Å². The minimum Gasteiger partial charge on any atom is -0.365 e. The molecule has 1 spiro atoms. The second-order valence-electron chi connectivity index (χ2n) is 7.76. The third-order valence-corrected chi connectivity index (χ3v) is 6.09. The van der Waals surface area contributed by atoms with Crippen LogP contribution in [0.15, 0.2) is 23.1 Å². The van der Waals surface area contributed by atoms with Gasteiger partial charge in [0.05, 0.1) is 16.1 Å². The van der Waals surface area contributed by atoms with Gasteiger partial charge in [0.25, 0.3) is 0 Å². The van der Waals surface area contributed by atoms with Crippen molar-refractivity contribution in [3.63, 3.8) is 0 Å². The Morgan fingerprint density at radius 1 is 1.20 bits per heavy atom. The third kappa shape index (κ3) is 3.50. The highest BCUT2D eigenvalue weighted by atomic mass is 32.2. The molecule has 0 radical (unpaired) electrons. The zero-order chi connectivity index (χ0) is 18.5. The molecule has 138 valence electrons. The lowest BCUT2D eigenvalue weighted by Crippen LogP contribution is -2.58. The van der Waals surface area contributed by atoms with Gasteiger partial charge in [0, 0.05) is 19.3 Å². The number of ether oxygens (including phenoxy) is 1. The van der Waals surface area contributed by atoms with Crippen molar-refractivity contribution < 1.29 is 18.1 Å². The van der Waals surface area contributed by atoms with Crippen molar-refractivity contribution in [3.8, 4) is 0 Å². The van der Waals surface area contributed by atoms with E-state index in [1.54, 1.807) is 12.1 Å². The molecule has 1 saturated carbocycles. The van der Waals surface area contributed by atoms with Gasteiger partial charge in [-0.05, 0) is 38.8 Å². The second kappa shape index (κ2) is 5.95. The number of nitro benzene ring substituents is 1. The van der Waals surface area contributed by atoms with Crippen LogP contribution in [0.3, 0.4) is 0 Å². The van der Waals surface area contributed by atoms with Gasteiger partial charge in [0.1, 0.15) is 10.6 Å². The maximum absolute atomic E-state index is 12.0. The number of rotatable bonds is 3. The van der Waals surface area contributed by atoms with E-state index >= 15 is 0 Å². The Balaban J connectivity index is 2.10. The summed E-state index contributed by atoms with van der Waals surface area (Å²) in [5.74, 6) is 0. The van der Waals surface area contributed by atoms with Crippen LogP contribution < -0.4 is 4.90 Å². The van der Waals surface area contributed by atoms with Crippen LogP contribution in [0.1, 0.15) is 39.5 Å². The molecule has 0 unspecified atom stereocenters. The van der Waals surface area contributed by atoms with Crippen molar-refractivity contribution in [3.05, 3.63) is 28.3 Å². The summed E-state index contributed by atoms with van der Waals surface area (Å²) in [6.45, 7) is 4.98. The monoisotopic (exact) mass is 368 g/mol. The van der Waals surface area contributed by atoms with Crippen molar-refractivity contribution >= 4 is 21.2 Å². The van der Waals surface area contributed by atoms with Crippen LogP contribution >= 0.6 is 0 Å². The van der Waals surface area contributed by atoms with Crippen molar-refractivity contribution in [2.24, 2.45) is 0 Å². The first-order valence-electron chi connectivity index (χ1n) is 8.46. The van der Waals surface area contributed by atoms with Gasteiger partial charge < -0.3 is 9.64 Å². The Labute approximate surface area is 148 Å². The molecule has 1 aliphatic heterocycles. The van der Waals surface area contributed by atoms with Crippen LogP contribution in [0.2, 0.25) is 0 Å². The molecule has 1 heterocycles. The maximum atomic E-state index is 12.0. The van der Waals surface area contributed by atoms with Crippen molar-refractivity contribution in [2.75, 3.05) is 24.2 Å². The maximum Gasteiger partial charge on any atom is 0.311 e. The predicted octanol–water partition coefficient (Wildman–Crippen LogP) is 2.93. The fourth-order valence-corrected chi connectivity index (χ4v) is 5.07. The largest absolute Gasteiger partial charge is 0.365 e. The second-order valence-corrected chi connectivity index (χ2v) is 9.75. The number of hydrogen-bond acceptors (Lipinski definition) is 6. The van der Waals surface area contributed by atoms with Gasteiger partial charge in [-0.3, -0.25) is 10.1 Å². The molecule has 2 fully saturated rings. The van der Waals surface area contributed by atoms with E-state index in [2.05, 4.69) is 0 Å². The normalized spacial score (nSPS) is 22.3. The molecular formula is C17H24N2O5S. The van der Waals surface area contributed by atoms with Crippen LogP contribution in [0.25, 0.3) is 0 Å². The molecular weight excluding hydrogens is 344 g/mol. The summed E-state index contributed by atoms with van der Waals surface area (Å²) in [6, 6.07) is 4.51. The number of nitro groups is 1. The summed E-state index contributed by atoms with van der Waals surface area (Å²) in [7, 11) is -3.70. The highest BCUT2D eigenvalue weighted by molar-refractivity contribution is 7.90. The summed E-state index contributed by atoms with van der Waals surface area (Å²) in [4.78, 5) is 12.8. The topological polar surface area (TPSA) is 89.8 Å². The molecule has 8 heteroatoms. The highest BCUT2D eigenvalue weighted by Gasteiger charge is 2.47. The van der Waals surface area contributed by atoms with Crippen LogP contribution in [-0.2, 0) is 14.6 Å². The van der Waals surface area contributed by atoms with Gasteiger partial charge in [-0.15, -0.1) is 0 Å². The molecule has 1 aromatic carbocycles. The minimum atomic E-state index is -3.70. The first-order valence-corrected chi connectivity index (χ1v) is 10.3. The fraction of sp³-hybridized carbons (Fsp3) is 0.647. The first kappa shape index (κ1) is 18.1. The predicted molar refractivity (Wildman–Crippen MR) is 94.8 cm³/mol. The molecule has 1 aliphatic carbocycles. The van der Waals surface area contributed by atoms with E-state index in [0.29, 0.717) is 18.8 Å². The quantitative estimate of drug-likeness (QED) is 0.602. The van der Waals surface area contributed by atoms with Gasteiger partial charge in [-0.2, -0.15) is 0 Å². The SMILES string of the molecule is CC1(C)CN(c2cccc(S(C)(=O)=O)c2[N+](=O)[O-])CC2(CCCC2)O1. The molecule has 1 aromatic rings. The molecule has 0 amide bonds. The molecule has 1 saturated heterocycles. The molecule has 7 nitrogen and oxygen atoms in total. The number of sulfone groups is 1. The number of anilines is 1. The van der Waals surface area contributed by atoms with E-state index in [4.69, 9.17) is 4.74 Å². The Bertz CT molecular complexity index is 797. The number of para-hydroxylation sites is 1. The first-order chi connectivity index (χ1) is 11.5. The number of nitrogens with zero attached hydrogens (tertiary/aromatic N) is 2. The van der Waals surface area contributed by atoms with Gasteiger partial charge in [-0.1, -0.05) is 18.9 Å². The minimum absolute atomic E-state index is 0.236. The van der Waals surface area contributed by atoms with E-state index in [1.165, 1.54) is 6.07 Å². The van der Waals surface area contributed by atoms with Gasteiger partial charge in [-0.25, -0.2) is 8.42 Å². The van der Waals surface area contributed by atoms with Crippen molar-refractivity contribution in [1.29, 1.82) is 0 Å². The van der Waals surface area contributed by atoms with Crippen LogP contribution in [0, 0.1) is 10.1 Å². The summed E-state index contributed by atoms with van der Waals surface area (Å²) < 4.78 is 30.4. The zero-order valence-corrected chi connectivity index (χ0v) is 15.6. The lowest BCUT2D eigenvalue weighted by molar-refractivity contribution is -0.387. The molecule has 0 bridgehead atoms. The lowest BCUT2D eigenvalue weighted by atomic mass is 9.93. The van der Waals surface area contributed by atoms with Crippen LogP contribution in [0.5, 0.6) is 0 Å². The third-order valence-electron chi connectivity index (χ3n) is 4.96. The highest BCUT2D eigenvalue weighted by Crippen LogP contribution is 2.44. The molecule has 0 aromatic heterocycles. The summed E-state index contributed by atoms with van der Waals surface area (Å²) >= 11 is 0. The standard InChI is InChI=1S/C17H24N2O5S/c1-16(2)11-18(12-17(24-16)9-4-5-10-17)13-7-6-8-14(25(3,22)23)15(13)19(20)21/h6-8H,4-5,9-12H2,1-3H3. The Morgan fingerprint density at radius 3 is 2.40 bits per heavy atom. The Hall–Kier alpha value is -1.67. The van der Waals surface area contributed by atoms with Crippen molar-refractivity contribution in [2.45, 2.75) is 55.6 Å². The Kier molecular flexibility index (Phi) is 4.31. The molecule has 3 rings (SSSR count). The smallest absolute Gasteiger partial charge is 0.311 e. The fourth-order valence-electron chi connectivity index (χ4n) is 4.21.